The summed E-state index contributed by atoms with van der Waals surface area (Å²) in [5.41, 5.74) is 0. The number of unbranched alkanes of at least 4 members (excludes halogenated alkanes) is 10. The van der Waals surface area contributed by atoms with E-state index >= 15 is 0 Å². The number of likely N-dealkylation sites (N-methyl/N-ethyl adjacent to an activating group) is 1. The SMILES string of the molecule is CCCCCCCCOC(CNC)OCCCCCCCC. The average molecular weight is 316 g/mol. The molecule has 0 fully saturated rings. The Balaban J connectivity index is 3.44. The lowest BCUT2D eigenvalue weighted by Gasteiger charge is -2.18. The summed E-state index contributed by atoms with van der Waals surface area (Å²) in [6.07, 6.45) is 15.6. The van der Waals surface area contributed by atoms with E-state index in [-0.39, 0.29) is 6.29 Å². The molecule has 1 N–H and O–H groups in total. The third-order valence-corrected chi connectivity index (χ3v) is 3.97. The van der Waals surface area contributed by atoms with Gasteiger partial charge >= 0.3 is 0 Å². The lowest BCUT2D eigenvalue weighted by atomic mass is 10.1. The molecule has 0 radical (unpaired) electrons. The van der Waals surface area contributed by atoms with Crippen molar-refractivity contribution in [2.45, 2.75) is 97.2 Å². The molecular formula is C19H41NO2. The second-order valence-electron chi connectivity index (χ2n) is 6.26. The predicted molar refractivity (Wildman–Crippen MR) is 96.4 cm³/mol. The Bertz CT molecular complexity index is 182. The van der Waals surface area contributed by atoms with Crippen LogP contribution in [0.15, 0.2) is 0 Å². The van der Waals surface area contributed by atoms with Crippen molar-refractivity contribution in [3.05, 3.63) is 0 Å². The van der Waals surface area contributed by atoms with Crippen LogP contribution in [0.4, 0.5) is 0 Å². The molecule has 0 aliphatic carbocycles. The van der Waals surface area contributed by atoms with E-state index in [1.807, 2.05) is 7.05 Å². The molecule has 0 saturated heterocycles. The zero-order chi connectivity index (χ0) is 16.3. The molecule has 0 atom stereocenters. The van der Waals surface area contributed by atoms with Gasteiger partial charge in [0.1, 0.15) is 0 Å². The van der Waals surface area contributed by atoms with E-state index in [1.54, 1.807) is 0 Å². The van der Waals surface area contributed by atoms with Crippen LogP contribution in [-0.4, -0.2) is 33.1 Å². The Kier molecular flexibility index (Phi) is 18.8. The van der Waals surface area contributed by atoms with Crippen LogP contribution in [0.3, 0.4) is 0 Å². The topological polar surface area (TPSA) is 30.5 Å². The smallest absolute Gasteiger partial charge is 0.169 e. The fourth-order valence-corrected chi connectivity index (χ4v) is 2.53. The summed E-state index contributed by atoms with van der Waals surface area (Å²) in [6, 6.07) is 0. The first-order chi connectivity index (χ1) is 10.8. The van der Waals surface area contributed by atoms with Gasteiger partial charge in [0.05, 0.1) is 0 Å². The van der Waals surface area contributed by atoms with Crippen molar-refractivity contribution in [2.75, 3.05) is 26.8 Å². The molecular weight excluding hydrogens is 274 g/mol. The predicted octanol–water partition coefficient (Wildman–Crippen LogP) is 5.29. The van der Waals surface area contributed by atoms with E-state index in [4.69, 9.17) is 9.47 Å². The Morgan fingerprint density at radius 1 is 0.636 bits per heavy atom. The van der Waals surface area contributed by atoms with E-state index in [0.717, 1.165) is 32.6 Å². The molecule has 0 spiro atoms. The second kappa shape index (κ2) is 18.9. The zero-order valence-electron chi connectivity index (χ0n) is 15.5. The second-order valence-corrected chi connectivity index (χ2v) is 6.26. The molecule has 0 amide bonds. The molecule has 3 nitrogen and oxygen atoms in total. The summed E-state index contributed by atoms with van der Waals surface area (Å²) >= 11 is 0. The first kappa shape index (κ1) is 21.9. The molecule has 0 heterocycles. The standard InChI is InChI=1S/C19H41NO2/c1-4-6-8-10-12-14-16-21-19(18-20-3)22-17-15-13-11-9-7-5-2/h19-20H,4-18H2,1-3H3. The lowest BCUT2D eigenvalue weighted by Crippen LogP contribution is -2.30. The van der Waals surface area contributed by atoms with Crippen LogP contribution in [0.25, 0.3) is 0 Å². The van der Waals surface area contributed by atoms with Gasteiger partial charge in [-0.25, -0.2) is 0 Å². The van der Waals surface area contributed by atoms with Crippen molar-refractivity contribution < 1.29 is 9.47 Å². The summed E-state index contributed by atoms with van der Waals surface area (Å²) in [4.78, 5) is 0. The van der Waals surface area contributed by atoms with E-state index in [0.29, 0.717) is 0 Å². The highest BCUT2D eigenvalue weighted by molar-refractivity contribution is 4.51. The Morgan fingerprint density at radius 3 is 1.45 bits per heavy atom. The summed E-state index contributed by atoms with van der Waals surface area (Å²) in [7, 11) is 1.95. The summed E-state index contributed by atoms with van der Waals surface area (Å²) in [6.45, 7) is 6.95. The quantitative estimate of drug-likeness (QED) is 0.275. The number of ether oxygens (including phenoxy) is 2. The first-order valence-electron chi connectivity index (χ1n) is 9.72. The van der Waals surface area contributed by atoms with Crippen LogP contribution in [-0.2, 0) is 9.47 Å². The number of rotatable bonds is 18. The first-order valence-corrected chi connectivity index (χ1v) is 9.72. The minimum Gasteiger partial charge on any atom is -0.351 e. The van der Waals surface area contributed by atoms with Crippen molar-refractivity contribution in [2.24, 2.45) is 0 Å². The van der Waals surface area contributed by atoms with Gasteiger partial charge < -0.3 is 14.8 Å². The van der Waals surface area contributed by atoms with E-state index in [2.05, 4.69) is 19.2 Å². The van der Waals surface area contributed by atoms with Crippen LogP contribution in [0.5, 0.6) is 0 Å². The maximum atomic E-state index is 5.85. The van der Waals surface area contributed by atoms with Crippen molar-refractivity contribution >= 4 is 0 Å². The maximum Gasteiger partial charge on any atom is 0.169 e. The molecule has 0 aromatic heterocycles. The normalized spacial score (nSPS) is 11.5. The largest absolute Gasteiger partial charge is 0.351 e. The van der Waals surface area contributed by atoms with Gasteiger partial charge in [0.15, 0.2) is 6.29 Å². The van der Waals surface area contributed by atoms with Crippen molar-refractivity contribution in [1.82, 2.24) is 5.32 Å². The van der Waals surface area contributed by atoms with Gasteiger partial charge in [-0.15, -0.1) is 0 Å². The number of nitrogens with one attached hydrogen (secondary N) is 1. The monoisotopic (exact) mass is 315 g/mol. The molecule has 0 aliphatic heterocycles. The van der Waals surface area contributed by atoms with Crippen molar-refractivity contribution in [3.8, 4) is 0 Å². The summed E-state index contributed by atoms with van der Waals surface area (Å²) in [5, 5.41) is 3.16. The molecule has 0 aromatic rings. The fourth-order valence-electron chi connectivity index (χ4n) is 2.53. The van der Waals surface area contributed by atoms with Gasteiger partial charge in [0.2, 0.25) is 0 Å². The zero-order valence-corrected chi connectivity index (χ0v) is 15.5. The van der Waals surface area contributed by atoms with Gasteiger partial charge in [-0.1, -0.05) is 78.1 Å². The molecule has 3 heteroatoms. The van der Waals surface area contributed by atoms with Gasteiger partial charge in [-0.3, -0.25) is 0 Å². The highest BCUT2D eigenvalue weighted by atomic mass is 16.7. The van der Waals surface area contributed by atoms with Crippen LogP contribution in [0.2, 0.25) is 0 Å². The molecule has 0 rings (SSSR count). The van der Waals surface area contributed by atoms with Crippen LogP contribution >= 0.6 is 0 Å². The maximum absolute atomic E-state index is 5.85. The van der Waals surface area contributed by atoms with E-state index in [9.17, 15) is 0 Å². The molecule has 0 unspecified atom stereocenters. The van der Waals surface area contributed by atoms with E-state index < -0.39 is 0 Å². The van der Waals surface area contributed by atoms with E-state index in [1.165, 1.54) is 64.2 Å². The molecule has 0 saturated carbocycles. The molecule has 22 heavy (non-hydrogen) atoms. The molecule has 0 aliphatic rings. The van der Waals surface area contributed by atoms with Gasteiger partial charge in [-0.2, -0.15) is 0 Å². The highest BCUT2D eigenvalue weighted by Gasteiger charge is 2.07. The van der Waals surface area contributed by atoms with Crippen LogP contribution in [0, 0.1) is 0 Å². The van der Waals surface area contributed by atoms with Gasteiger partial charge in [-0.05, 0) is 19.9 Å². The molecule has 0 aromatic carbocycles. The average Bonchev–Trinajstić information content (AvgIpc) is 2.53. The van der Waals surface area contributed by atoms with Crippen molar-refractivity contribution in [1.29, 1.82) is 0 Å². The highest BCUT2D eigenvalue weighted by Crippen LogP contribution is 2.08. The summed E-state index contributed by atoms with van der Waals surface area (Å²) < 4.78 is 11.7. The van der Waals surface area contributed by atoms with Gasteiger partial charge in [0, 0.05) is 19.8 Å². The fraction of sp³-hybridized carbons (Fsp3) is 1.00. The molecule has 0 bridgehead atoms. The number of hydrogen-bond donors (Lipinski definition) is 1. The van der Waals surface area contributed by atoms with Crippen molar-refractivity contribution in [3.63, 3.8) is 0 Å². The summed E-state index contributed by atoms with van der Waals surface area (Å²) in [5.74, 6) is 0. The van der Waals surface area contributed by atoms with Crippen LogP contribution < -0.4 is 5.32 Å². The Labute approximate surface area is 139 Å². The van der Waals surface area contributed by atoms with Crippen LogP contribution in [0.1, 0.15) is 90.9 Å². The lowest BCUT2D eigenvalue weighted by molar-refractivity contribution is -0.140. The third kappa shape index (κ3) is 16.3. The molecule has 134 valence electrons. The number of hydrogen-bond acceptors (Lipinski definition) is 3. The minimum absolute atomic E-state index is 0.0729. The Morgan fingerprint density at radius 2 is 1.05 bits per heavy atom. The minimum atomic E-state index is -0.0729. The third-order valence-electron chi connectivity index (χ3n) is 3.97. The Hall–Kier alpha value is -0.120. The van der Waals surface area contributed by atoms with Gasteiger partial charge in [0.25, 0.3) is 0 Å².